The van der Waals surface area contributed by atoms with E-state index in [-0.39, 0.29) is 5.01 Å². The van der Waals surface area contributed by atoms with Crippen LogP contribution in [0.1, 0.15) is 9.80 Å². The van der Waals surface area contributed by atoms with Crippen LogP contribution in [0, 0.1) is 0 Å². The Labute approximate surface area is 83.1 Å². The Morgan fingerprint density at radius 3 is 2.57 bits per heavy atom. The molecule has 2 aromatic heterocycles. The van der Waals surface area contributed by atoms with Gasteiger partial charge in [-0.15, -0.1) is 10.2 Å². The number of carboxylic acid groups (broad SMARTS) is 1. The standard InChI is InChI=1S/C8H5N3O2S/c12-8(13)7-11-10-6(14-7)5-1-3-9-4-2-5/h1-4H,(H,12,13). The van der Waals surface area contributed by atoms with E-state index in [0.29, 0.717) is 5.01 Å². The maximum absolute atomic E-state index is 10.5. The minimum atomic E-state index is -1.05. The summed E-state index contributed by atoms with van der Waals surface area (Å²) in [5.74, 6) is -1.05. The fraction of sp³-hybridized carbons (Fsp3) is 0. The summed E-state index contributed by atoms with van der Waals surface area (Å²) in [5.41, 5.74) is 0.824. The van der Waals surface area contributed by atoms with E-state index < -0.39 is 5.97 Å². The third kappa shape index (κ3) is 1.60. The van der Waals surface area contributed by atoms with E-state index in [1.54, 1.807) is 24.5 Å². The number of aromatic nitrogens is 3. The summed E-state index contributed by atoms with van der Waals surface area (Å²) in [4.78, 5) is 14.4. The number of rotatable bonds is 2. The highest BCUT2D eigenvalue weighted by Crippen LogP contribution is 2.22. The highest BCUT2D eigenvalue weighted by Gasteiger charge is 2.11. The summed E-state index contributed by atoms with van der Waals surface area (Å²) in [6.07, 6.45) is 3.24. The van der Waals surface area contributed by atoms with Crippen molar-refractivity contribution in [2.45, 2.75) is 0 Å². The fourth-order valence-electron chi connectivity index (χ4n) is 0.921. The van der Waals surface area contributed by atoms with Crippen LogP contribution >= 0.6 is 11.3 Å². The molecule has 0 aromatic carbocycles. The molecule has 5 nitrogen and oxygen atoms in total. The number of nitrogens with zero attached hydrogens (tertiary/aromatic N) is 3. The Morgan fingerprint density at radius 2 is 2.00 bits per heavy atom. The van der Waals surface area contributed by atoms with E-state index in [1.165, 1.54) is 0 Å². The van der Waals surface area contributed by atoms with Crippen molar-refractivity contribution in [3.05, 3.63) is 29.5 Å². The van der Waals surface area contributed by atoms with Crippen LogP contribution in [0.2, 0.25) is 0 Å². The van der Waals surface area contributed by atoms with Gasteiger partial charge in [0.05, 0.1) is 0 Å². The molecule has 0 radical (unpaired) electrons. The van der Waals surface area contributed by atoms with E-state index in [0.717, 1.165) is 16.9 Å². The van der Waals surface area contributed by atoms with Crippen LogP contribution < -0.4 is 0 Å². The van der Waals surface area contributed by atoms with Gasteiger partial charge < -0.3 is 5.11 Å². The van der Waals surface area contributed by atoms with E-state index in [9.17, 15) is 4.79 Å². The third-order valence-electron chi connectivity index (χ3n) is 1.54. The molecule has 2 rings (SSSR count). The molecule has 0 spiro atoms. The third-order valence-corrected chi connectivity index (χ3v) is 2.50. The summed E-state index contributed by atoms with van der Waals surface area (Å²) < 4.78 is 0. The second kappa shape index (κ2) is 3.51. The van der Waals surface area contributed by atoms with E-state index in [2.05, 4.69) is 15.2 Å². The molecule has 0 aliphatic heterocycles. The molecule has 2 aromatic rings. The molecule has 0 aliphatic rings. The zero-order valence-electron chi connectivity index (χ0n) is 6.91. The van der Waals surface area contributed by atoms with Crippen molar-refractivity contribution in [1.29, 1.82) is 0 Å². The van der Waals surface area contributed by atoms with Crippen molar-refractivity contribution in [3.8, 4) is 10.6 Å². The predicted molar refractivity (Wildman–Crippen MR) is 50.1 cm³/mol. The molecule has 2 heterocycles. The largest absolute Gasteiger partial charge is 0.476 e. The van der Waals surface area contributed by atoms with Crippen LogP contribution in [0.3, 0.4) is 0 Å². The smallest absolute Gasteiger partial charge is 0.367 e. The average molecular weight is 207 g/mol. The van der Waals surface area contributed by atoms with Gasteiger partial charge in [0, 0.05) is 18.0 Å². The Kier molecular flexibility index (Phi) is 2.19. The van der Waals surface area contributed by atoms with Gasteiger partial charge in [0.1, 0.15) is 5.01 Å². The lowest BCUT2D eigenvalue weighted by molar-refractivity contribution is 0.0695. The van der Waals surface area contributed by atoms with Gasteiger partial charge in [-0.05, 0) is 12.1 Å². The van der Waals surface area contributed by atoms with Crippen LogP contribution in [-0.4, -0.2) is 26.3 Å². The van der Waals surface area contributed by atoms with Crippen LogP contribution in [0.4, 0.5) is 0 Å². The topological polar surface area (TPSA) is 76.0 Å². The lowest BCUT2D eigenvalue weighted by atomic mass is 10.3. The summed E-state index contributed by atoms with van der Waals surface area (Å²) in [6.45, 7) is 0. The number of aromatic carboxylic acids is 1. The molecular formula is C8H5N3O2S. The molecule has 0 bridgehead atoms. The Bertz CT molecular complexity index is 455. The van der Waals surface area contributed by atoms with E-state index in [4.69, 9.17) is 5.11 Å². The second-order valence-electron chi connectivity index (χ2n) is 2.45. The van der Waals surface area contributed by atoms with Gasteiger partial charge in [-0.1, -0.05) is 11.3 Å². The molecule has 0 amide bonds. The summed E-state index contributed by atoms with van der Waals surface area (Å²) in [5, 5.41) is 16.5. The first kappa shape index (κ1) is 8.76. The quantitative estimate of drug-likeness (QED) is 0.803. The molecule has 14 heavy (non-hydrogen) atoms. The van der Waals surface area contributed by atoms with Gasteiger partial charge in [0.25, 0.3) is 0 Å². The monoisotopic (exact) mass is 207 g/mol. The number of pyridine rings is 1. The lowest BCUT2D eigenvalue weighted by Gasteiger charge is -1.90. The molecule has 0 aliphatic carbocycles. The second-order valence-corrected chi connectivity index (χ2v) is 3.43. The maximum Gasteiger partial charge on any atom is 0.367 e. The van der Waals surface area contributed by atoms with Crippen LogP contribution in [-0.2, 0) is 0 Å². The Morgan fingerprint density at radius 1 is 1.29 bits per heavy atom. The molecule has 6 heteroatoms. The minimum absolute atomic E-state index is 0.00295. The first-order valence-corrected chi connectivity index (χ1v) is 4.56. The number of carboxylic acids is 1. The van der Waals surface area contributed by atoms with Crippen LogP contribution in [0.15, 0.2) is 24.5 Å². The first-order chi connectivity index (χ1) is 6.77. The summed E-state index contributed by atoms with van der Waals surface area (Å²) >= 11 is 1.04. The van der Waals surface area contributed by atoms with Crippen LogP contribution in [0.25, 0.3) is 10.6 Å². The van der Waals surface area contributed by atoms with Crippen molar-refractivity contribution >= 4 is 17.3 Å². The van der Waals surface area contributed by atoms with Crippen LogP contribution in [0.5, 0.6) is 0 Å². The molecular weight excluding hydrogens is 202 g/mol. The van der Waals surface area contributed by atoms with E-state index >= 15 is 0 Å². The zero-order valence-corrected chi connectivity index (χ0v) is 7.73. The van der Waals surface area contributed by atoms with Crippen molar-refractivity contribution in [1.82, 2.24) is 15.2 Å². The van der Waals surface area contributed by atoms with E-state index in [1.807, 2.05) is 0 Å². The Hall–Kier alpha value is -1.82. The van der Waals surface area contributed by atoms with Crippen molar-refractivity contribution < 1.29 is 9.90 Å². The highest BCUT2D eigenvalue weighted by molar-refractivity contribution is 7.16. The SMILES string of the molecule is O=C(O)c1nnc(-c2ccncc2)s1. The van der Waals surface area contributed by atoms with Gasteiger partial charge in [-0.3, -0.25) is 4.98 Å². The number of hydrogen-bond acceptors (Lipinski definition) is 5. The molecule has 0 saturated heterocycles. The summed E-state index contributed by atoms with van der Waals surface area (Å²) in [6, 6.07) is 3.51. The fourth-order valence-corrected chi connectivity index (χ4v) is 1.61. The number of hydrogen-bond donors (Lipinski definition) is 1. The zero-order chi connectivity index (χ0) is 9.97. The maximum atomic E-state index is 10.5. The molecule has 1 N–H and O–H groups in total. The predicted octanol–water partition coefficient (Wildman–Crippen LogP) is 1.30. The summed E-state index contributed by atoms with van der Waals surface area (Å²) in [7, 11) is 0. The average Bonchev–Trinajstić information content (AvgIpc) is 2.68. The van der Waals surface area contributed by atoms with Gasteiger partial charge in [0.15, 0.2) is 0 Å². The Balaban J connectivity index is 2.39. The first-order valence-electron chi connectivity index (χ1n) is 3.74. The van der Waals surface area contributed by atoms with Gasteiger partial charge in [-0.2, -0.15) is 0 Å². The van der Waals surface area contributed by atoms with Crippen molar-refractivity contribution in [2.75, 3.05) is 0 Å². The highest BCUT2D eigenvalue weighted by atomic mass is 32.1. The van der Waals surface area contributed by atoms with Gasteiger partial charge in [0.2, 0.25) is 5.01 Å². The normalized spacial score (nSPS) is 10.0. The van der Waals surface area contributed by atoms with Crippen molar-refractivity contribution in [3.63, 3.8) is 0 Å². The molecule has 0 unspecified atom stereocenters. The minimum Gasteiger partial charge on any atom is -0.476 e. The molecule has 0 saturated carbocycles. The molecule has 70 valence electrons. The van der Waals surface area contributed by atoms with Crippen molar-refractivity contribution in [2.24, 2.45) is 0 Å². The van der Waals surface area contributed by atoms with Gasteiger partial charge in [-0.25, -0.2) is 4.79 Å². The lowest BCUT2D eigenvalue weighted by Crippen LogP contribution is -1.93. The molecule has 0 atom stereocenters. The number of carbonyl (C=O) groups is 1. The van der Waals surface area contributed by atoms with Gasteiger partial charge >= 0.3 is 5.97 Å². The molecule has 0 fully saturated rings.